The first-order chi connectivity index (χ1) is 14.8. The van der Waals surface area contributed by atoms with Crippen LogP contribution in [0, 0.1) is 0 Å². The molecular weight excluding hydrogens is 431 g/mol. The Morgan fingerprint density at radius 1 is 1.23 bits per heavy atom. The molecule has 3 rings (SSSR count). The lowest BCUT2D eigenvalue weighted by Crippen LogP contribution is -2.07. The van der Waals surface area contributed by atoms with E-state index in [2.05, 4.69) is 15.5 Å². The van der Waals surface area contributed by atoms with Gasteiger partial charge in [0.1, 0.15) is 5.75 Å². The molecule has 31 heavy (non-hydrogen) atoms. The Kier molecular flexibility index (Phi) is 6.91. The Hall–Kier alpha value is -3.40. The number of hydrazone groups is 1. The first kappa shape index (κ1) is 22.3. The number of phenolic OH excluding ortho intramolecular Hbond substituents is 1. The number of aromatic nitrogens is 1. The molecule has 2 N–H and O–H groups in total. The fourth-order valence-electron chi connectivity index (χ4n) is 2.65. The monoisotopic (exact) mass is 449 g/mol. The van der Waals surface area contributed by atoms with Crippen LogP contribution in [0.4, 0.5) is 18.3 Å². The van der Waals surface area contributed by atoms with Crippen LogP contribution in [0.2, 0.25) is 0 Å². The summed E-state index contributed by atoms with van der Waals surface area (Å²) in [6.07, 6.45) is -2.97. The standard InChI is InChI=1S/C21H18F3N3O3S/c1-2-30-19(29)10-17-12-31-20(26-17)27-25-11-15-9-14(5-8-18(15)28)13-3-6-16(7-4-13)21(22,23)24/h3-9,11-12,28H,2,10H2,1H3,(H,26,27). The van der Waals surface area contributed by atoms with Gasteiger partial charge in [0.05, 0.1) is 30.5 Å². The van der Waals surface area contributed by atoms with Crippen LogP contribution in [0.25, 0.3) is 11.1 Å². The van der Waals surface area contributed by atoms with E-state index in [1.165, 1.54) is 35.8 Å². The van der Waals surface area contributed by atoms with Crippen molar-refractivity contribution in [1.82, 2.24) is 4.98 Å². The summed E-state index contributed by atoms with van der Waals surface area (Å²) in [6, 6.07) is 9.41. The molecule has 0 fully saturated rings. The molecule has 0 radical (unpaired) electrons. The van der Waals surface area contributed by atoms with E-state index in [-0.39, 0.29) is 18.1 Å². The van der Waals surface area contributed by atoms with Crippen LogP contribution >= 0.6 is 11.3 Å². The van der Waals surface area contributed by atoms with Crippen molar-refractivity contribution in [3.63, 3.8) is 0 Å². The first-order valence-corrected chi connectivity index (χ1v) is 10.0. The normalized spacial score (nSPS) is 11.6. The zero-order valence-electron chi connectivity index (χ0n) is 16.3. The lowest BCUT2D eigenvalue weighted by molar-refractivity contribution is -0.142. The molecule has 6 nitrogen and oxygen atoms in total. The van der Waals surface area contributed by atoms with E-state index in [0.29, 0.717) is 34.1 Å². The minimum atomic E-state index is -4.40. The highest BCUT2D eigenvalue weighted by atomic mass is 32.1. The molecule has 1 heterocycles. The molecule has 0 bridgehead atoms. The summed E-state index contributed by atoms with van der Waals surface area (Å²) in [7, 11) is 0. The SMILES string of the molecule is CCOC(=O)Cc1csc(NN=Cc2cc(-c3ccc(C(F)(F)F)cc3)ccc2O)n1. The molecule has 0 saturated carbocycles. The van der Waals surface area contributed by atoms with E-state index in [1.807, 2.05) is 0 Å². The fourth-order valence-corrected chi connectivity index (χ4v) is 3.30. The first-order valence-electron chi connectivity index (χ1n) is 9.16. The molecule has 162 valence electrons. The van der Waals surface area contributed by atoms with E-state index < -0.39 is 11.7 Å². The van der Waals surface area contributed by atoms with Crippen LogP contribution in [0.15, 0.2) is 52.9 Å². The number of benzene rings is 2. The molecule has 0 atom stereocenters. The second-order valence-corrected chi connectivity index (χ2v) is 7.20. The van der Waals surface area contributed by atoms with Crippen LogP contribution in [-0.2, 0) is 22.1 Å². The third-order valence-electron chi connectivity index (χ3n) is 4.12. The van der Waals surface area contributed by atoms with Gasteiger partial charge in [-0.25, -0.2) is 4.98 Å². The van der Waals surface area contributed by atoms with Crippen molar-refractivity contribution in [3.05, 3.63) is 64.7 Å². The number of aromatic hydroxyl groups is 1. The van der Waals surface area contributed by atoms with Crippen molar-refractivity contribution in [2.75, 3.05) is 12.0 Å². The predicted octanol–water partition coefficient (Wildman–Crippen LogP) is 5.09. The summed E-state index contributed by atoms with van der Waals surface area (Å²) >= 11 is 1.25. The average Bonchev–Trinajstić information content (AvgIpc) is 3.16. The van der Waals surface area contributed by atoms with Crippen molar-refractivity contribution in [2.45, 2.75) is 19.5 Å². The third kappa shape index (κ3) is 6.05. The predicted molar refractivity (Wildman–Crippen MR) is 112 cm³/mol. The molecular formula is C21H18F3N3O3S. The Bertz CT molecular complexity index is 1080. The molecule has 0 spiro atoms. The van der Waals surface area contributed by atoms with Gasteiger partial charge in [-0.1, -0.05) is 18.2 Å². The van der Waals surface area contributed by atoms with E-state index in [9.17, 15) is 23.1 Å². The fraction of sp³-hybridized carbons (Fsp3) is 0.190. The van der Waals surface area contributed by atoms with Gasteiger partial charge >= 0.3 is 12.1 Å². The number of ether oxygens (including phenoxy) is 1. The number of carbonyl (C=O) groups excluding carboxylic acids is 1. The smallest absolute Gasteiger partial charge is 0.416 e. The van der Waals surface area contributed by atoms with Gasteiger partial charge in [-0.2, -0.15) is 18.3 Å². The summed E-state index contributed by atoms with van der Waals surface area (Å²) in [5.41, 5.74) is 4.10. The Morgan fingerprint density at radius 2 is 1.94 bits per heavy atom. The number of halogens is 3. The Morgan fingerprint density at radius 3 is 2.61 bits per heavy atom. The maximum Gasteiger partial charge on any atom is 0.416 e. The highest BCUT2D eigenvalue weighted by Crippen LogP contribution is 2.32. The zero-order chi connectivity index (χ0) is 22.4. The summed E-state index contributed by atoms with van der Waals surface area (Å²) in [5, 5.41) is 16.2. The number of nitrogens with zero attached hydrogens (tertiary/aromatic N) is 2. The lowest BCUT2D eigenvalue weighted by atomic mass is 10.0. The summed E-state index contributed by atoms with van der Waals surface area (Å²) < 4.78 is 43.1. The molecule has 0 unspecified atom stereocenters. The summed E-state index contributed by atoms with van der Waals surface area (Å²) in [5.74, 6) is -0.406. The van der Waals surface area contributed by atoms with Crippen molar-refractivity contribution >= 4 is 28.7 Å². The number of phenols is 1. The quantitative estimate of drug-likeness (QED) is 0.298. The lowest BCUT2D eigenvalue weighted by Gasteiger charge is -2.09. The maximum atomic E-state index is 12.7. The molecule has 3 aromatic rings. The maximum absolute atomic E-state index is 12.7. The largest absolute Gasteiger partial charge is 0.507 e. The number of hydrogen-bond donors (Lipinski definition) is 2. The third-order valence-corrected chi connectivity index (χ3v) is 4.92. The van der Waals surface area contributed by atoms with Gasteiger partial charge in [-0.3, -0.25) is 10.2 Å². The van der Waals surface area contributed by atoms with E-state index in [4.69, 9.17) is 4.74 Å². The number of rotatable bonds is 7. The van der Waals surface area contributed by atoms with Crippen molar-refractivity contribution in [3.8, 4) is 16.9 Å². The van der Waals surface area contributed by atoms with E-state index in [0.717, 1.165) is 12.1 Å². The van der Waals surface area contributed by atoms with Crippen LogP contribution in [0.3, 0.4) is 0 Å². The van der Waals surface area contributed by atoms with Gasteiger partial charge in [0.2, 0.25) is 5.13 Å². The number of thiazole rings is 1. The number of esters is 1. The topological polar surface area (TPSA) is 83.8 Å². The average molecular weight is 449 g/mol. The van der Waals surface area contributed by atoms with Crippen LogP contribution in [0.1, 0.15) is 23.7 Å². The summed E-state index contributed by atoms with van der Waals surface area (Å²) in [4.78, 5) is 15.7. The molecule has 1 aromatic heterocycles. The van der Waals surface area contributed by atoms with Crippen LogP contribution < -0.4 is 5.43 Å². The Balaban J connectivity index is 1.69. The van der Waals surface area contributed by atoms with E-state index >= 15 is 0 Å². The summed E-state index contributed by atoms with van der Waals surface area (Å²) in [6.45, 7) is 2.02. The molecule has 0 aliphatic heterocycles. The molecule has 0 saturated heterocycles. The highest BCUT2D eigenvalue weighted by Gasteiger charge is 2.29. The number of anilines is 1. The van der Waals surface area contributed by atoms with Crippen molar-refractivity contribution in [1.29, 1.82) is 0 Å². The highest BCUT2D eigenvalue weighted by molar-refractivity contribution is 7.13. The van der Waals surface area contributed by atoms with Gasteiger partial charge in [-0.05, 0) is 42.3 Å². The Labute approximate surface area is 180 Å². The molecule has 10 heteroatoms. The van der Waals surface area contributed by atoms with Crippen molar-refractivity contribution < 1.29 is 27.8 Å². The zero-order valence-corrected chi connectivity index (χ0v) is 17.1. The number of hydrogen-bond acceptors (Lipinski definition) is 7. The van der Waals surface area contributed by atoms with Gasteiger partial charge in [0, 0.05) is 10.9 Å². The molecule has 0 aliphatic rings. The number of alkyl halides is 3. The molecule has 0 aliphatic carbocycles. The van der Waals surface area contributed by atoms with Gasteiger partial charge in [0.15, 0.2) is 0 Å². The second kappa shape index (κ2) is 9.61. The molecule has 0 amide bonds. The van der Waals surface area contributed by atoms with E-state index in [1.54, 1.807) is 24.4 Å². The van der Waals surface area contributed by atoms with Crippen LogP contribution in [0.5, 0.6) is 5.75 Å². The number of nitrogens with one attached hydrogen (secondary N) is 1. The van der Waals surface area contributed by atoms with Gasteiger partial charge in [0.25, 0.3) is 0 Å². The van der Waals surface area contributed by atoms with Crippen molar-refractivity contribution in [2.24, 2.45) is 5.10 Å². The molecule has 2 aromatic carbocycles. The number of carbonyl (C=O) groups is 1. The minimum absolute atomic E-state index is 0.0386. The second-order valence-electron chi connectivity index (χ2n) is 6.34. The van der Waals surface area contributed by atoms with Gasteiger partial charge < -0.3 is 9.84 Å². The van der Waals surface area contributed by atoms with Gasteiger partial charge in [-0.15, -0.1) is 11.3 Å². The minimum Gasteiger partial charge on any atom is -0.507 e. The van der Waals surface area contributed by atoms with Crippen LogP contribution in [-0.4, -0.2) is 28.9 Å².